The Morgan fingerprint density at radius 3 is 2.47 bits per heavy atom. The van der Waals surface area contributed by atoms with Crippen molar-refractivity contribution in [3.8, 4) is 0 Å². The predicted molar refractivity (Wildman–Crippen MR) is 120 cm³/mol. The molecule has 0 saturated carbocycles. The van der Waals surface area contributed by atoms with Gasteiger partial charge in [-0.05, 0) is 37.3 Å². The highest BCUT2D eigenvalue weighted by molar-refractivity contribution is 6.31. The molecule has 8 nitrogen and oxygen atoms in total. The molecule has 0 spiro atoms. The molecule has 0 aliphatic carbocycles. The van der Waals surface area contributed by atoms with Crippen molar-refractivity contribution in [3.63, 3.8) is 0 Å². The first-order valence-corrected chi connectivity index (χ1v) is 10.3. The van der Waals surface area contributed by atoms with E-state index in [1.807, 2.05) is 19.1 Å². The van der Waals surface area contributed by atoms with Crippen molar-refractivity contribution in [3.05, 3.63) is 74.5 Å². The minimum absolute atomic E-state index is 0.0430. The molecule has 1 unspecified atom stereocenters. The fraction of sp³-hybridized carbons (Fsp3) is 0.182. The molecule has 1 aliphatic rings. The van der Waals surface area contributed by atoms with Crippen LogP contribution in [0.25, 0.3) is 0 Å². The number of hydrogen-bond acceptors (Lipinski definition) is 5. The second kappa shape index (κ2) is 8.82. The van der Waals surface area contributed by atoms with E-state index in [0.29, 0.717) is 11.8 Å². The Hall–Kier alpha value is -3.86. The lowest BCUT2D eigenvalue weighted by atomic mass is 9.92. The van der Waals surface area contributed by atoms with Crippen LogP contribution in [-0.4, -0.2) is 21.8 Å². The van der Waals surface area contributed by atoms with Gasteiger partial charge in [-0.1, -0.05) is 29.3 Å². The average Bonchev–Trinajstić information content (AvgIpc) is 2.75. The normalized spacial score (nSPS) is 15.3. The van der Waals surface area contributed by atoms with Gasteiger partial charge in [0, 0.05) is 17.8 Å². The fourth-order valence-electron chi connectivity index (χ4n) is 3.48. The van der Waals surface area contributed by atoms with Crippen molar-refractivity contribution in [2.75, 3.05) is 16.0 Å². The molecule has 2 aromatic carbocycles. The maximum atomic E-state index is 13.1. The molecule has 4 rings (SSSR count). The third-order valence-electron chi connectivity index (χ3n) is 5.12. The largest absolute Gasteiger partial charge is 0.417 e. The summed E-state index contributed by atoms with van der Waals surface area (Å²) in [7, 11) is 0. The van der Waals surface area contributed by atoms with Crippen LogP contribution in [0.5, 0.6) is 0 Å². The number of carbonyl (C=O) groups is 2. The summed E-state index contributed by atoms with van der Waals surface area (Å²) in [6, 6.07) is 10.1. The molecule has 2 heterocycles. The summed E-state index contributed by atoms with van der Waals surface area (Å²) in [4.78, 5) is 44.6. The molecular formula is C22H17ClF3N5O3. The number of nitrogens with zero attached hydrogens (tertiary/aromatic N) is 1. The molecule has 0 radical (unpaired) electrons. The summed E-state index contributed by atoms with van der Waals surface area (Å²) in [5, 5.41) is 7.17. The van der Waals surface area contributed by atoms with Crippen LogP contribution < -0.4 is 21.5 Å². The average molecular weight is 492 g/mol. The highest BCUT2D eigenvalue weighted by Gasteiger charge is 2.36. The van der Waals surface area contributed by atoms with Gasteiger partial charge in [-0.2, -0.15) is 18.2 Å². The lowest BCUT2D eigenvalue weighted by Crippen LogP contribution is -2.36. The first kappa shape index (κ1) is 23.3. The first-order valence-electron chi connectivity index (χ1n) is 9.96. The fourth-order valence-corrected chi connectivity index (χ4v) is 3.70. The number of H-pyrrole nitrogens is 1. The van der Waals surface area contributed by atoms with Crippen LogP contribution >= 0.6 is 11.6 Å². The number of amides is 2. The van der Waals surface area contributed by atoms with E-state index in [4.69, 9.17) is 11.6 Å². The lowest BCUT2D eigenvalue weighted by Gasteiger charge is -2.24. The second-order valence-corrected chi connectivity index (χ2v) is 8.06. The minimum atomic E-state index is -4.73. The number of hydrogen-bond donors (Lipinski definition) is 4. The van der Waals surface area contributed by atoms with Gasteiger partial charge in [-0.25, -0.2) is 0 Å². The molecule has 0 fully saturated rings. The summed E-state index contributed by atoms with van der Waals surface area (Å²) < 4.78 is 39.4. The summed E-state index contributed by atoms with van der Waals surface area (Å²) in [5.41, 5.74) is -0.422. The Morgan fingerprint density at radius 1 is 1.12 bits per heavy atom. The Morgan fingerprint density at radius 2 is 1.79 bits per heavy atom. The van der Waals surface area contributed by atoms with E-state index in [1.54, 1.807) is 12.1 Å². The number of aromatic nitrogens is 2. The van der Waals surface area contributed by atoms with E-state index in [9.17, 15) is 27.6 Å². The molecule has 1 aliphatic heterocycles. The van der Waals surface area contributed by atoms with Crippen LogP contribution in [0.15, 0.2) is 47.3 Å². The first-order chi connectivity index (χ1) is 16.0. The third kappa shape index (κ3) is 4.88. The Balaban J connectivity index is 1.62. The van der Waals surface area contributed by atoms with E-state index in [1.165, 1.54) is 6.07 Å². The van der Waals surface area contributed by atoms with Gasteiger partial charge >= 0.3 is 6.18 Å². The van der Waals surface area contributed by atoms with Crippen molar-refractivity contribution >= 4 is 46.6 Å². The van der Waals surface area contributed by atoms with Crippen LogP contribution in [0.4, 0.5) is 36.3 Å². The molecule has 4 N–H and O–H groups in total. The molecule has 34 heavy (non-hydrogen) atoms. The van der Waals surface area contributed by atoms with Crippen LogP contribution in [0, 0.1) is 6.92 Å². The van der Waals surface area contributed by atoms with Gasteiger partial charge in [0.25, 0.3) is 5.56 Å². The quantitative estimate of drug-likeness (QED) is 0.427. The number of alkyl halides is 3. The number of carbonyl (C=O) groups excluding carboxylic acids is 2. The number of halogens is 4. The van der Waals surface area contributed by atoms with Gasteiger partial charge in [-0.3, -0.25) is 19.4 Å². The van der Waals surface area contributed by atoms with Gasteiger partial charge in [0.15, 0.2) is 0 Å². The molecular weight excluding hydrogens is 475 g/mol. The van der Waals surface area contributed by atoms with E-state index in [0.717, 1.165) is 11.6 Å². The summed E-state index contributed by atoms with van der Waals surface area (Å²) >= 11 is 5.61. The van der Waals surface area contributed by atoms with Crippen molar-refractivity contribution < 1.29 is 22.8 Å². The molecule has 0 bridgehead atoms. The number of fused-ring (bicyclic) bond motifs is 1. The molecule has 0 saturated heterocycles. The highest BCUT2D eigenvalue weighted by Crippen LogP contribution is 2.37. The number of anilines is 4. The molecule has 176 valence electrons. The van der Waals surface area contributed by atoms with Crippen LogP contribution in [0.2, 0.25) is 5.02 Å². The van der Waals surface area contributed by atoms with Gasteiger partial charge in [-0.15, -0.1) is 0 Å². The number of nitrogens with one attached hydrogen (secondary N) is 4. The molecule has 1 aromatic heterocycles. The van der Waals surface area contributed by atoms with Gasteiger partial charge in [0.2, 0.25) is 17.8 Å². The zero-order valence-corrected chi connectivity index (χ0v) is 18.3. The van der Waals surface area contributed by atoms with E-state index < -0.39 is 40.1 Å². The van der Waals surface area contributed by atoms with Crippen molar-refractivity contribution in [1.82, 2.24) is 9.97 Å². The smallest absolute Gasteiger partial charge is 0.326 e. The Labute approximate surface area is 195 Å². The number of aromatic amines is 1. The van der Waals surface area contributed by atoms with E-state index >= 15 is 0 Å². The second-order valence-electron chi connectivity index (χ2n) is 7.65. The van der Waals surface area contributed by atoms with Crippen LogP contribution in [0.3, 0.4) is 0 Å². The summed E-state index contributed by atoms with van der Waals surface area (Å²) in [6.07, 6.45) is -5.11. The molecule has 3 aromatic rings. The maximum absolute atomic E-state index is 13.1. The number of aryl methyl sites for hydroxylation is 1. The zero-order chi connectivity index (χ0) is 24.6. The van der Waals surface area contributed by atoms with Gasteiger partial charge < -0.3 is 16.0 Å². The Bertz CT molecular complexity index is 1340. The van der Waals surface area contributed by atoms with Gasteiger partial charge in [0.1, 0.15) is 5.82 Å². The number of rotatable bonds is 4. The zero-order valence-electron chi connectivity index (χ0n) is 17.5. The summed E-state index contributed by atoms with van der Waals surface area (Å²) in [6.45, 7) is 1.91. The SMILES string of the molecule is Cc1ccc(Nc2nc3c(c(=O)[nH]2)C(C(=O)Nc2ccc(Cl)c(C(F)(F)F)c2)CC(=O)N3)cc1. The molecule has 12 heteroatoms. The predicted octanol–water partition coefficient (Wildman–Crippen LogP) is 4.56. The van der Waals surface area contributed by atoms with E-state index in [2.05, 4.69) is 25.9 Å². The van der Waals surface area contributed by atoms with Gasteiger partial charge in [0.05, 0.1) is 22.1 Å². The van der Waals surface area contributed by atoms with Crippen molar-refractivity contribution in [1.29, 1.82) is 0 Å². The van der Waals surface area contributed by atoms with Crippen LogP contribution in [-0.2, 0) is 15.8 Å². The Kier molecular flexibility index (Phi) is 6.05. The molecule has 1 atom stereocenters. The maximum Gasteiger partial charge on any atom is 0.417 e. The lowest BCUT2D eigenvalue weighted by molar-refractivity contribution is -0.137. The number of benzene rings is 2. The molecule has 2 amide bonds. The van der Waals surface area contributed by atoms with E-state index in [-0.39, 0.29) is 29.4 Å². The highest BCUT2D eigenvalue weighted by atomic mass is 35.5. The third-order valence-corrected chi connectivity index (χ3v) is 5.45. The van der Waals surface area contributed by atoms with Crippen molar-refractivity contribution in [2.24, 2.45) is 0 Å². The monoisotopic (exact) mass is 491 g/mol. The van der Waals surface area contributed by atoms with Crippen molar-refractivity contribution in [2.45, 2.75) is 25.4 Å². The summed E-state index contributed by atoms with van der Waals surface area (Å²) in [5.74, 6) is -2.74. The standard InChI is InChI=1S/C22H17ClF3N5O3/c1-10-2-4-11(5-3-10)28-21-30-18-17(20(34)31-21)13(9-16(32)29-18)19(33)27-12-6-7-15(23)14(8-12)22(24,25)26/h2-8,13H,9H2,1H3,(H,27,33)(H3,28,29,30,31,32,34). The minimum Gasteiger partial charge on any atom is -0.326 e. The van der Waals surface area contributed by atoms with Crippen LogP contribution in [0.1, 0.15) is 29.0 Å². The topological polar surface area (TPSA) is 116 Å².